The van der Waals surface area contributed by atoms with Gasteiger partial charge >= 0.3 is 6.03 Å². The van der Waals surface area contributed by atoms with E-state index in [0.717, 1.165) is 50.7 Å². The molecule has 0 radical (unpaired) electrons. The molecule has 1 heterocycles. The number of benzene rings is 1. The summed E-state index contributed by atoms with van der Waals surface area (Å²) in [5.41, 5.74) is 0.742. The van der Waals surface area contributed by atoms with Gasteiger partial charge in [0.15, 0.2) is 0 Å². The number of ether oxygens (including phenoxy) is 1. The summed E-state index contributed by atoms with van der Waals surface area (Å²) in [5.74, 6) is 1.19. The van der Waals surface area contributed by atoms with Crippen molar-refractivity contribution in [2.45, 2.75) is 20.8 Å². The molecule has 0 saturated carbocycles. The topological polar surface area (TPSA) is 56.8 Å². The molecule has 0 bridgehead atoms. The highest BCUT2D eigenvalue weighted by atomic mass is 16.5. The number of hydrogen-bond donors (Lipinski definition) is 2. The zero-order valence-corrected chi connectivity index (χ0v) is 15.8. The molecule has 140 valence electrons. The molecule has 2 N–H and O–H groups in total. The van der Waals surface area contributed by atoms with Gasteiger partial charge in [-0.2, -0.15) is 0 Å². The van der Waals surface area contributed by atoms with Gasteiger partial charge in [-0.15, -0.1) is 0 Å². The van der Waals surface area contributed by atoms with Crippen LogP contribution in [-0.2, 0) is 0 Å². The Balaban J connectivity index is 1.68. The number of nitrogens with zero attached hydrogens (tertiary/aromatic N) is 2. The highest BCUT2D eigenvalue weighted by molar-refractivity contribution is 5.89. The van der Waals surface area contributed by atoms with Gasteiger partial charge in [0.2, 0.25) is 0 Å². The van der Waals surface area contributed by atoms with Gasteiger partial charge in [0.25, 0.3) is 0 Å². The number of piperazine rings is 1. The van der Waals surface area contributed by atoms with E-state index in [-0.39, 0.29) is 6.03 Å². The van der Waals surface area contributed by atoms with E-state index < -0.39 is 0 Å². The van der Waals surface area contributed by atoms with Crippen LogP contribution in [0.5, 0.6) is 5.75 Å². The molecule has 2 rings (SSSR count). The summed E-state index contributed by atoms with van der Waals surface area (Å²) in [4.78, 5) is 17.0. The predicted octanol–water partition coefficient (Wildman–Crippen LogP) is 2.48. The Hall–Kier alpha value is -1.79. The molecule has 1 aliphatic heterocycles. The maximum absolute atomic E-state index is 12.1. The third-order valence-electron chi connectivity index (χ3n) is 4.50. The standard InChI is InChI=1S/C19H32N4O2/c1-4-22-9-11-23(12-10-22)15-16(3)14-20-19(24)21-17-7-6-8-18(13-17)25-5-2/h6-8,13,16H,4-5,9-12,14-15H2,1-3H3,(H2,20,21,24)/t16-/m1/s1. The average Bonchev–Trinajstić information content (AvgIpc) is 2.61. The average molecular weight is 348 g/mol. The monoisotopic (exact) mass is 348 g/mol. The van der Waals surface area contributed by atoms with Crippen LogP contribution < -0.4 is 15.4 Å². The van der Waals surface area contributed by atoms with Gasteiger partial charge in [0.1, 0.15) is 5.75 Å². The minimum atomic E-state index is -0.170. The Bertz CT molecular complexity index is 530. The largest absolute Gasteiger partial charge is 0.494 e. The minimum Gasteiger partial charge on any atom is -0.494 e. The molecule has 1 fully saturated rings. The molecule has 0 unspecified atom stereocenters. The van der Waals surface area contributed by atoms with Crippen LogP contribution in [0.15, 0.2) is 24.3 Å². The lowest BCUT2D eigenvalue weighted by molar-refractivity contribution is 0.124. The summed E-state index contributed by atoms with van der Waals surface area (Å²) in [6.07, 6.45) is 0. The van der Waals surface area contributed by atoms with Crippen molar-refractivity contribution < 1.29 is 9.53 Å². The van der Waals surface area contributed by atoms with E-state index in [0.29, 0.717) is 19.1 Å². The summed E-state index contributed by atoms with van der Waals surface area (Å²) < 4.78 is 5.45. The molecule has 1 saturated heterocycles. The Morgan fingerprint density at radius 3 is 2.60 bits per heavy atom. The Morgan fingerprint density at radius 2 is 1.92 bits per heavy atom. The van der Waals surface area contributed by atoms with E-state index in [4.69, 9.17) is 4.74 Å². The molecule has 25 heavy (non-hydrogen) atoms. The fourth-order valence-corrected chi connectivity index (χ4v) is 3.07. The van der Waals surface area contributed by atoms with Crippen LogP contribution in [0.2, 0.25) is 0 Å². The van der Waals surface area contributed by atoms with Crippen molar-refractivity contribution in [1.82, 2.24) is 15.1 Å². The molecule has 0 aromatic heterocycles. The normalized spacial score (nSPS) is 17.1. The molecule has 6 nitrogen and oxygen atoms in total. The number of hydrogen-bond acceptors (Lipinski definition) is 4. The van der Waals surface area contributed by atoms with E-state index in [2.05, 4.69) is 34.3 Å². The van der Waals surface area contributed by atoms with Crippen molar-refractivity contribution in [3.05, 3.63) is 24.3 Å². The van der Waals surface area contributed by atoms with E-state index in [1.807, 2.05) is 31.2 Å². The summed E-state index contributed by atoms with van der Waals surface area (Å²) in [5, 5.41) is 5.83. The number of nitrogens with one attached hydrogen (secondary N) is 2. The van der Waals surface area contributed by atoms with Crippen molar-refractivity contribution >= 4 is 11.7 Å². The number of carbonyl (C=O) groups excluding carboxylic acids is 1. The lowest BCUT2D eigenvalue weighted by Crippen LogP contribution is -2.48. The van der Waals surface area contributed by atoms with E-state index >= 15 is 0 Å². The molecular weight excluding hydrogens is 316 g/mol. The number of likely N-dealkylation sites (N-methyl/N-ethyl adjacent to an activating group) is 1. The lowest BCUT2D eigenvalue weighted by Gasteiger charge is -2.35. The number of rotatable bonds is 8. The van der Waals surface area contributed by atoms with Gasteiger partial charge < -0.3 is 25.2 Å². The lowest BCUT2D eigenvalue weighted by atomic mass is 10.1. The summed E-state index contributed by atoms with van der Waals surface area (Å²) >= 11 is 0. The van der Waals surface area contributed by atoms with Crippen LogP contribution in [0.25, 0.3) is 0 Å². The van der Waals surface area contributed by atoms with Crippen LogP contribution in [0, 0.1) is 5.92 Å². The molecule has 0 spiro atoms. The van der Waals surface area contributed by atoms with E-state index in [9.17, 15) is 4.79 Å². The number of carbonyl (C=O) groups is 1. The summed E-state index contributed by atoms with van der Waals surface area (Å²) in [7, 11) is 0. The van der Waals surface area contributed by atoms with Gasteiger partial charge in [-0.05, 0) is 31.5 Å². The highest BCUT2D eigenvalue weighted by Gasteiger charge is 2.17. The zero-order valence-electron chi connectivity index (χ0n) is 15.8. The van der Waals surface area contributed by atoms with Crippen molar-refractivity contribution in [2.75, 3.05) is 57.7 Å². The first kappa shape index (κ1) is 19.5. The SMILES string of the molecule is CCOc1cccc(NC(=O)NC[C@@H](C)CN2CCN(CC)CC2)c1. The number of anilines is 1. The molecule has 1 aromatic carbocycles. The summed E-state index contributed by atoms with van der Waals surface area (Å²) in [6.45, 7) is 14.3. The maximum Gasteiger partial charge on any atom is 0.319 e. The van der Waals surface area contributed by atoms with Crippen LogP contribution in [0.4, 0.5) is 10.5 Å². The van der Waals surface area contributed by atoms with Crippen molar-refractivity contribution in [3.63, 3.8) is 0 Å². The Kier molecular flexibility index (Phi) is 8.01. The third-order valence-corrected chi connectivity index (χ3v) is 4.50. The van der Waals surface area contributed by atoms with E-state index in [1.165, 1.54) is 0 Å². The Morgan fingerprint density at radius 1 is 1.20 bits per heavy atom. The molecule has 0 aliphatic carbocycles. The first-order valence-corrected chi connectivity index (χ1v) is 9.33. The Labute approximate surface area is 151 Å². The first-order chi connectivity index (χ1) is 12.1. The highest BCUT2D eigenvalue weighted by Crippen LogP contribution is 2.17. The second kappa shape index (κ2) is 10.3. The molecule has 2 amide bonds. The number of urea groups is 1. The molecule has 6 heteroatoms. The van der Waals surface area contributed by atoms with Gasteiger partial charge in [-0.3, -0.25) is 0 Å². The number of amides is 2. The smallest absolute Gasteiger partial charge is 0.319 e. The van der Waals surface area contributed by atoms with Crippen LogP contribution in [-0.4, -0.2) is 68.3 Å². The fraction of sp³-hybridized carbons (Fsp3) is 0.632. The minimum absolute atomic E-state index is 0.170. The van der Waals surface area contributed by atoms with Crippen molar-refractivity contribution in [2.24, 2.45) is 5.92 Å². The quantitative estimate of drug-likeness (QED) is 0.758. The maximum atomic E-state index is 12.1. The van der Waals surface area contributed by atoms with Crippen LogP contribution >= 0.6 is 0 Å². The van der Waals surface area contributed by atoms with E-state index in [1.54, 1.807) is 0 Å². The van der Waals surface area contributed by atoms with Crippen LogP contribution in [0.1, 0.15) is 20.8 Å². The van der Waals surface area contributed by atoms with Crippen molar-refractivity contribution in [1.29, 1.82) is 0 Å². The third kappa shape index (κ3) is 6.92. The molecule has 1 aliphatic rings. The molecule has 1 atom stereocenters. The second-order valence-electron chi connectivity index (χ2n) is 6.64. The second-order valence-corrected chi connectivity index (χ2v) is 6.64. The van der Waals surface area contributed by atoms with Gasteiger partial charge in [0, 0.05) is 51.0 Å². The summed E-state index contributed by atoms with van der Waals surface area (Å²) in [6, 6.07) is 7.28. The first-order valence-electron chi connectivity index (χ1n) is 9.33. The fourth-order valence-electron chi connectivity index (χ4n) is 3.07. The predicted molar refractivity (Wildman–Crippen MR) is 102 cm³/mol. The van der Waals surface area contributed by atoms with Gasteiger partial charge in [0.05, 0.1) is 6.61 Å². The molecular formula is C19H32N4O2. The van der Waals surface area contributed by atoms with Crippen molar-refractivity contribution in [3.8, 4) is 5.75 Å². The van der Waals surface area contributed by atoms with Gasteiger partial charge in [-0.25, -0.2) is 4.79 Å². The van der Waals surface area contributed by atoms with Gasteiger partial charge in [-0.1, -0.05) is 19.9 Å². The zero-order chi connectivity index (χ0) is 18.1. The molecule has 1 aromatic rings. The van der Waals surface area contributed by atoms with Crippen LogP contribution in [0.3, 0.4) is 0 Å².